The van der Waals surface area contributed by atoms with E-state index in [0.29, 0.717) is 6.10 Å². The number of nitrogens with zero attached hydrogens (tertiary/aromatic N) is 3. The van der Waals surface area contributed by atoms with Gasteiger partial charge in [0.15, 0.2) is 0 Å². The highest BCUT2D eigenvalue weighted by Gasteiger charge is 2.21. The van der Waals surface area contributed by atoms with Crippen LogP contribution in [-0.2, 0) is 7.05 Å². The maximum absolute atomic E-state index is 5.78. The average molecular weight is 181 g/mol. The van der Waals surface area contributed by atoms with Crippen molar-refractivity contribution in [1.82, 2.24) is 14.7 Å². The van der Waals surface area contributed by atoms with E-state index in [9.17, 15) is 0 Å². The van der Waals surface area contributed by atoms with Gasteiger partial charge in [0.25, 0.3) is 0 Å². The van der Waals surface area contributed by atoms with E-state index in [4.69, 9.17) is 4.74 Å². The minimum absolute atomic E-state index is 0.334. The molecular weight excluding hydrogens is 166 g/mol. The quantitative estimate of drug-likeness (QED) is 0.665. The van der Waals surface area contributed by atoms with Crippen molar-refractivity contribution in [2.45, 2.75) is 12.5 Å². The van der Waals surface area contributed by atoms with Crippen molar-refractivity contribution in [3.8, 4) is 5.88 Å². The SMILES string of the molecule is CN1CCC(Oc2ccnn2C)C1. The van der Waals surface area contributed by atoms with Crippen LogP contribution < -0.4 is 4.74 Å². The van der Waals surface area contributed by atoms with Crippen molar-refractivity contribution in [1.29, 1.82) is 0 Å². The summed E-state index contributed by atoms with van der Waals surface area (Å²) in [4.78, 5) is 2.28. The normalized spacial score (nSPS) is 23.7. The van der Waals surface area contributed by atoms with Gasteiger partial charge in [-0.05, 0) is 13.5 Å². The van der Waals surface area contributed by atoms with Crippen LogP contribution >= 0.6 is 0 Å². The van der Waals surface area contributed by atoms with Gasteiger partial charge in [-0.2, -0.15) is 5.10 Å². The lowest BCUT2D eigenvalue weighted by atomic mass is 10.3. The van der Waals surface area contributed by atoms with Crippen LogP contribution in [0.4, 0.5) is 0 Å². The van der Waals surface area contributed by atoms with Crippen molar-refractivity contribution in [2.75, 3.05) is 20.1 Å². The first-order valence-corrected chi connectivity index (χ1v) is 4.59. The highest BCUT2D eigenvalue weighted by molar-refractivity contribution is 5.07. The largest absolute Gasteiger partial charge is 0.473 e. The molecule has 72 valence electrons. The third-order valence-corrected chi connectivity index (χ3v) is 2.41. The summed E-state index contributed by atoms with van der Waals surface area (Å²) in [6, 6.07) is 1.90. The summed E-state index contributed by atoms with van der Waals surface area (Å²) < 4.78 is 7.54. The minimum Gasteiger partial charge on any atom is -0.473 e. The lowest BCUT2D eigenvalue weighted by molar-refractivity contribution is 0.191. The standard InChI is InChI=1S/C9H15N3O/c1-11-6-4-8(7-11)13-9-3-5-10-12(9)2/h3,5,8H,4,6-7H2,1-2H3. The maximum Gasteiger partial charge on any atom is 0.211 e. The second kappa shape index (κ2) is 3.38. The fraction of sp³-hybridized carbons (Fsp3) is 0.667. The summed E-state index contributed by atoms with van der Waals surface area (Å²) in [6.07, 6.45) is 3.20. The third-order valence-electron chi connectivity index (χ3n) is 2.41. The van der Waals surface area contributed by atoms with Gasteiger partial charge < -0.3 is 9.64 Å². The molecule has 0 bridgehead atoms. The van der Waals surface area contributed by atoms with Crippen LogP contribution in [0.15, 0.2) is 12.3 Å². The van der Waals surface area contributed by atoms with Crippen LogP contribution in [0.25, 0.3) is 0 Å². The molecule has 1 fully saturated rings. The van der Waals surface area contributed by atoms with E-state index in [-0.39, 0.29) is 0 Å². The van der Waals surface area contributed by atoms with Gasteiger partial charge in [-0.1, -0.05) is 0 Å². The zero-order valence-electron chi connectivity index (χ0n) is 8.10. The predicted molar refractivity (Wildman–Crippen MR) is 49.7 cm³/mol. The maximum atomic E-state index is 5.78. The highest BCUT2D eigenvalue weighted by Crippen LogP contribution is 2.15. The number of rotatable bonds is 2. The Morgan fingerprint density at radius 3 is 2.92 bits per heavy atom. The number of aromatic nitrogens is 2. The molecule has 13 heavy (non-hydrogen) atoms. The van der Waals surface area contributed by atoms with Gasteiger partial charge in [-0.3, -0.25) is 0 Å². The van der Waals surface area contributed by atoms with Gasteiger partial charge in [0.05, 0.1) is 6.20 Å². The Morgan fingerprint density at radius 2 is 2.38 bits per heavy atom. The van der Waals surface area contributed by atoms with E-state index in [1.54, 1.807) is 10.9 Å². The number of likely N-dealkylation sites (N-methyl/N-ethyl adjacent to an activating group) is 1. The van der Waals surface area contributed by atoms with E-state index >= 15 is 0 Å². The van der Waals surface area contributed by atoms with Crippen molar-refractivity contribution < 1.29 is 4.74 Å². The van der Waals surface area contributed by atoms with E-state index in [1.165, 1.54) is 0 Å². The number of ether oxygens (including phenoxy) is 1. The molecule has 2 heterocycles. The molecule has 1 aliphatic heterocycles. The van der Waals surface area contributed by atoms with Gasteiger partial charge in [0.1, 0.15) is 6.10 Å². The smallest absolute Gasteiger partial charge is 0.211 e. The molecule has 0 radical (unpaired) electrons. The van der Waals surface area contributed by atoms with Crippen LogP contribution in [0, 0.1) is 0 Å². The van der Waals surface area contributed by atoms with Crippen molar-refractivity contribution in [3.63, 3.8) is 0 Å². The molecule has 0 aromatic carbocycles. The summed E-state index contributed by atoms with van der Waals surface area (Å²) in [5.41, 5.74) is 0. The second-order valence-corrected chi connectivity index (χ2v) is 3.58. The van der Waals surface area contributed by atoms with Crippen LogP contribution in [0.2, 0.25) is 0 Å². The Kier molecular flexibility index (Phi) is 2.22. The highest BCUT2D eigenvalue weighted by atomic mass is 16.5. The molecule has 1 aromatic heterocycles. The molecule has 0 aliphatic carbocycles. The van der Waals surface area contributed by atoms with E-state index in [1.807, 2.05) is 13.1 Å². The molecule has 0 amide bonds. The molecule has 1 atom stereocenters. The van der Waals surface area contributed by atoms with E-state index < -0.39 is 0 Å². The van der Waals surface area contributed by atoms with Gasteiger partial charge in [0.2, 0.25) is 5.88 Å². The fourth-order valence-electron chi connectivity index (χ4n) is 1.64. The topological polar surface area (TPSA) is 30.3 Å². The van der Waals surface area contributed by atoms with E-state index in [0.717, 1.165) is 25.4 Å². The zero-order valence-corrected chi connectivity index (χ0v) is 8.10. The minimum atomic E-state index is 0.334. The van der Waals surface area contributed by atoms with Crippen LogP contribution in [-0.4, -0.2) is 40.9 Å². The van der Waals surface area contributed by atoms with Crippen molar-refractivity contribution in [2.24, 2.45) is 7.05 Å². The molecule has 2 rings (SSSR count). The molecule has 1 aromatic rings. The first kappa shape index (κ1) is 8.56. The third kappa shape index (κ3) is 1.83. The lowest BCUT2D eigenvalue weighted by Gasteiger charge is -2.12. The Balaban J connectivity index is 1.95. The van der Waals surface area contributed by atoms with Crippen LogP contribution in [0.5, 0.6) is 5.88 Å². The zero-order chi connectivity index (χ0) is 9.26. The van der Waals surface area contributed by atoms with E-state index in [2.05, 4.69) is 17.0 Å². The molecule has 1 unspecified atom stereocenters. The lowest BCUT2D eigenvalue weighted by Crippen LogP contribution is -2.22. The molecule has 0 N–H and O–H groups in total. The number of hydrogen-bond acceptors (Lipinski definition) is 3. The van der Waals surface area contributed by atoms with Gasteiger partial charge >= 0.3 is 0 Å². The predicted octanol–water partition coefficient (Wildman–Crippen LogP) is 0.503. The molecule has 1 aliphatic rings. The fourth-order valence-corrected chi connectivity index (χ4v) is 1.64. The molecule has 4 heteroatoms. The first-order chi connectivity index (χ1) is 6.25. The van der Waals surface area contributed by atoms with Gasteiger partial charge in [-0.25, -0.2) is 4.68 Å². The Hall–Kier alpha value is -1.03. The molecule has 1 saturated heterocycles. The van der Waals surface area contributed by atoms with Crippen molar-refractivity contribution >= 4 is 0 Å². The molecule has 0 spiro atoms. The summed E-state index contributed by atoms with van der Waals surface area (Å²) in [5.74, 6) is 0.861. The summed E-state index contributed by atoms with van der Waals surface area (Å²) >= 11 is 0. The van der Waals surface area contributed by atoms with Gasteiger partial charge in [-0.15, -0.1) is 0 Å². The Labute approximate surface area is 78.1 Å². The average Bonchev–Trinajstić information content (AvgIpc) is 2.64. The molecule has 4 nitrogen and oxygen atoms in total. The summed E-state index contributed by atoms with van der Waals surface area (Å²) in [5, 5.41) is 4.06. The van der Waals surface area contributed by atoms with Crippen LogP contribution in [0.3, 0.4) is 0 Å². The van der Waals surface area contributed by atoms with Gasteiger partial charge in [0, 0.05) is 26.2 Å². The summed E-state index contributed by atoms with van der Waals surface area (Å²) in [6.45, 7) is 2.15. The molecule has 0 saturated carbocycles. The summed E-state index contributed by atoms with van der Waals surface area (Å²) in [7, 11) is 4.01. The van der Waals surface area contributed by atoms with Crippen molar-refractivity contribution in [3.05, 3.63) is 12.3 Å². The number of aryl methyl sites for hydroxylation is 1. The first-order valence-electron chi connectivity index (χ1n) is 4.59. The monoisotopic (exact) mass is 181 g/mol. The number of hydrogen-bond donors (Lipinski definition) is 0. The molecular formula is C9H15N3O. The van der Waals surface area contributed by atoms with Crippen LogP contribution in [0.1, 0.15) is 6.42 Å². The number of likely N-dealkylation sites (tertiary alicyclic amines) is 1. The Bertz CT molecular complexity index is 284. The second-order valence-electron chi connectivity index (χ2n) is 3.58. The Morgan fingerprint density at radius 1 is 1.54 bits per heavy atom.